The fourth-order valence-electron chi connectivity index (χ4n) is 2.24. The van der Waals surface area contributed by atoms with Gasteiger partial charge in [0.2, 0.25) is 0 Å². The number of carbonyl (C=O) groups is 1. The molecule has 0 saturated carbocycles. The van der Waals surface area contributed by atoms with Crippen molar-refractivity contribution in [2.24, 2.45) is 0 Å². The van der Waals surface area contributed by atoms with Crippen LogP contribution in [-0.4, -0.2) is 22.4 Å². The van der Waals surface area contributed by atoms with Gasteiger partial charge >= 0.3 is 0 Å². The van der Waals surface area contributed by atoms with Crippen molar-refractivity contribution in [2.75, 3.05) is 6.54 Å². The van der Waals surface area contributed by atoms with Crippen LogP contribution in [0, 0.1) is 0 Å². The minimum Gasteiger partial charge on any atom is -0.352 e. The van der Waals surface area contributed by atoms with E-state index in [1.807, 2.05) is 30.3 Å². The lowest BCUT2D eigenvalue weighted by molar-refractivity contribution is 0.0955. The number of hydrogen-bond acceptors (Lipinski definition) is 3. The number of aromatic nitrogens is 2. The summed E-state index contributed by atoms with van der Waals surface area (Å²) in [5.74, 6) is -0.114. The molecule has 2 aromatic carbocycles. The molecule has 4 heteroatoms. The van der Waals surface area contributed by atoms with Gasteiger partial charge in [0.05, 0.1) is 11.1 Å². The standard InChI is InChI=1S/C17H15N3O/c21-17(20-10-9-13-5-2-1-3-6-13)14-7-4-8-15-16(14)19-12-11-18-15/h1-8,11-12H,9-10H2,(H,20,21). The van der Waals surface area contributed by atoms with E-state index >= 15 is 0 Å². The van der Waals surface area contributed by atoms with E-state index in [-0.39, 0.29) is 5.91 Å². The molecule has 0 unspecified atom stereocenters. The molecule has 1 N–H and O–H groups in total. The Morgan fingerprint density at radius 2 is 1.76 bits per heavy atom. The summed E-state index contributed by atoms with van der Waals surface area (Å²) in [6.45, 7) is 0.597. The highest BCUT2D eigenvalue weighted by Crippen LogP contribution is 2.13. The molecule has 1 aromatic heterocycles. The van der Waals surface area contributed by atoms with E-state index in [0.29, 0.717) is 17.6 Å². The summed E-state index contributed by atoms with van der Waals surface area (Å²) >= 11 is 0. The van der Waals surface area contributed by atoms with Crippen molar-refractivity contribution in [3.05, 3.63) is 72.1 Å². The van der Waals surface area contributed by atoms with Crippen molar-refractivity contribution in [2.45, 2.75) is 6.42 Å². The monoisotopic (exact) mass is 277 g/mol. The molecule has 0 saturated heterocycles. The van der Waals surface area contributed by atoms with Crippen molar-refractivity contribution in [1.82, 2.24) is 15.3 Å². The van der Waals surface area contributed by atoms with E-state index in [4.69, 9.17) is 0 Å². The van der Waals surface area contributed by atoms with Gasteiger partial charge in [-0.2, -0.15) is 0 Å². The van der Waals surface area contributed by atoms with Crippen LogP contribution in [0.3, 0.4) is 0 Å². The molecule has 21 heavy (non-hydrogen) atoms. The number of rotatable bonds is 4. The lowest BCUT2D eigenvalue weighted by Crippen LogP contribution is -2.26. The predicted octanol–water partition coefficient (Wildman–Crippen LogP) is 2.60. The number of fused-ring (bicyclic) bond motifs is 1. The molecule has 104 valence electrons. The number of carbonyl (C=O) groups excluding carboxylic acids is 1. The van der Waals surface area contributed by atoms with Crippen molar-refractivity contribution in [3.63, 3.8) is 0 Å². The molecule has 3 rings (SSSR count). The Labute approximate surface area is 122 Å². The highest BCUT2D eigenvalue weighted by atomic mass is 16.1. The van der Waals surface area contributed by atoms with Crippen LogP contribution in [-0.2, 0) is 6.42 Å². The summed E-state index contributed by atoms with van der Waals surface area (Å²) in [5, 5.41) is 2.93. The van der Waals surface area contributed by atoms with Gasteiger partial charge in [0.1, 0.15) is 5.52 Å². The van der Waals surface area contributed by atoms with Gasteiger partial charge in [-0.1, -0.05) is 36.4 Å². The van der Waals surface area contributed by atoms with Gasteiger partial charge < -0.3 is 5.32 Å². The quantitative estimate of drug-likeness (QED) is 0.797. The predicted molar refractivity (Wildman–Crippen MR) is 82.0 cm³/mol. The third-order valence-electron chi connectivity index (χ3n) is 3.29. The van der Waals surface area contributed by atoms with Crippen molar-refractivity contribution in [1.29, 1.82) is 0 Å². The van der Waals surface area contributed by atoms with E-state index in [0.717, 1.165) is 11.9 Å². The first-order valence-electron chi connectivity index (χ1n) is 6.86. The maximum absolute atomic E-state index is 12.3. The maximum atomic E-state index is 12.3. The van der Waals surface area contributed by atoms with Gasteiger partial charge in [0.15, 0.2) is 0 Å². The smallest absolute Gasteiger partial charge is 0.253 e. The summed E-state index contributed by atoms with van der Waals surface area (Å²) in [4.78, 5) is 20.7. The molecule has 0 spiro atoms. The molecule has 0 aliphatic carbocycles. The Bertz CT molecular complexity index is 751. The second kappa shape index (κ2) is 6.13. The molecule has 1 amide bonds. The van der Waals surface area contributed by atoms with Gasteiger partial charge in [-0.15, -0.1) is 0 Å². The molecule has 0 radical (unpaired) electrons. The average molecular weight is 277 g/mol. The zero-order valence-electron chi connectivity index (χ0n) is 11.5. The van der Waals surface area contributed by atoms with E-state index in [1.54, 1.807) is 18.5 Å². The molecule has 0 aliphatic rings. The highest BCUT2D eigenvalue weighted by Gasteiger charge is 2.10. The Hall–Kier alpha value is -2.75. The maximum Gasteiger partial charge on any atom is 0.253 e. The van der Waals surface area contributed by atoms with Gasteiger partial charge in [-0.25, -0.2) is 0 Å². The molecular formula is C17H15N3O. The van der Waals surface area contributed by atoms with Crippen LogP contribution in [0.25, 0.3) is 11.0 Å². The lowest BCUT2D eigenvalue weighted by Gasteiger charge is -2.07. The van der Waals surface area contributed by atoms with Gasteiger partial charge in [-0.05, 0) is 24.1 Å². The minimum absolute atomic E-state index is 0.114. The first-order chi connectivity index (χ1) is 10.3. The molecular weight excluding hydrogens is 262 g/mol. The number of hydrogen-bond donors (Lipinski definition) is 1. The summed E-state index contributed by atoms with van der Waals surface area (Å²) < 4.78 is 0. The minimum atomic E-state index is -0.114. The van der Waals surface area contributed by atoms with Crippen LogP contribution in [0.15, 0.2) is 60.9 Å². The van der Waals surface area contributed by atoms with Crippen LogP contribution in [0.2, 0.25) is 0 Å². The third-order valence-corrected chi connectivity index (χ3v) is 3.29. The SMILES string of the molecule is O=C(NCCc1ccccc1)c1cccc2nccnc12. The number of amides is 1. The Balaban J connectivity index is 1.70. The first kappa shape index (κ1) is 13.2. The highest BCUT2D eigenvalue weighted by molar-refractivity contribution is 6.04. The van der Waals surface area contributed by atoms with Gasteiger partial charge in [0, 0.05) is 18.9 Å². The van der Waals surface area contributed by atoms with Gasteiger partial charge in [0.25, 0.3) is 5.91 Å². The summed E-state index contributed by atoms with van der Waals surface area (Å²) in [6, 6.07) is 15.5. The van der Waals surface area contributed by atoms with Crippen LogP contribution in [0.5, 0.6) is 0 Å². The molecule has 0 fully saturated rings. The topological polar surface area (TPSA) is 54.9 Å². The molecule has 4 nitrogen and oxygen atoms in total. The zero-order chi connectivity index (χ0) is 14.5. The normalized spacial score (nSPS) is 10.5. The molecule has 1 heterocycles. The number of para-hydroxylation sites is 1. The second-order valence-corrected chi connectivity index (χ2v) is 4.72. The molecule has 0 aliphatic heterocycles. The summed E-state index contributed by atoms with van der Waals surface area (Å²) in [6.07, 6.45) is 4.03. The Morgan fingerprint density at radius 3 is 2.62 bits per heavy atom. The Kier molecular flexibility index (Phi) is 3.87. The average Bonchev–Trinajstić information content (AvgIpc) is 2.55. The van der Waals surface area contributed by atoms with E-state index in [2.05, 4.69) is 27.4 Å². The lowest BCUT2D eigenvalue weighted by atomic mass is 10.1. The number of benzene rings is 2. The van der Waals surface area contributed by atoms with E-state index in [1.165, 1.54) is 5.56 Å². The fourth-order valence-corrected chi connectivity index (χ4v) is 2.24. The van der Waals surface area contributed by atoms with Crippen LogP contribution < -0.4 is 5.32 Å². The molecule has 3 aromatic rings. The van der Waals surface area contributed by atoms with Crippen LogP contribution >= 0.6 is 0 Å². The van der Waals surface area contributed by atoms with Gasteiger partial charge in [-0.3, -0.25) is 14.8 Å². The number of nitrogens with one attached hydrogen (secondary N) is 1. The van der Waals surface area contributed by atoms with Crippen molar-refractivity contribution < 1.29 is 4.79 Å². The van der Waals surface area contributed by atoms with E-state index in [9.17, 15) is 4.79 Å². The van der Waals surface area contributed by atoms with Crippen LogP contribution in [0.4, 0.5) is 0 Å². The van der Waals surface area contributed by atoms with Crippen molar-refractivity contribution >= 4 is 16.9 Å². The Morgan fingerprint density at radius 1 is 0.952 bits per heavy atom. The molecule has 0 atom stereocenters. The second-order valence-electron chi connectivity index (χ2n) is 4.72. The van der Waals surface area contributed by atoms with Crippen LogP contribution in [0.1, 0.15) is 15.9 Å². The largest absolute Gasteiger partial charge is 0.352 e. The summed E-state index contributed by atoms with van der Waals surface area (Å²) in [5.41, 5.74) is 3.13. The fraction of sp³-hybridized carbons (Fsp3) is 0.118. The summed E-state index contributed by atoms with van der Waals surface area (Å²) in [7, 11) is 0. The first-order valence-corrected chi connectivity index (χ1v) is 6.86. The number of nitrogens with zero attached hydrogens (tertiary/aromatic N) is 2. The van der Waals surface area contributed by atoms with E-state index < -0.39 is 0 Å². The molecule has 0 bridgehead atoms. The van der Waals surface area contributed by atoms with Crippen molar-refractivity contribution in [3.8, 4) is 0 Å². The third kappa shape index (κ3) is 3.05. The zero-order valence-corrected chi connectivity index (χ0v) is 11.5.